The molecule has 1 aromatic rings. The molecule has 1 amide bonds. The Morgan fingerprint density at radius 1 is 1.43 bits per heavy atom. The Morgan fingerprint density at radius 2 is 2.14 bits per heavy atom. The van der Waals surface area contributed by atoms with Crippen molar-refractivity contribution in [2.45, 2.75) is 26.0 Å². The number of benzene rings is 1. The number of ether oxygens (including phenoxy) is 2. The van der Waals surface area contributed by atoms with E-state index < -0.39 is 0 Å². The fraction of sp³-hybridized carbons (Fsp3) is 0.562. The molecule has 21 heavy (non-hydrogen) atoms. The van der Waals surface area contributed by atoms with E-state index in [9.17, 15) is 4.79 Å². The molecular formula is C16H24N2O3. The maximum atomic E-state index is 12.2. The van der Waals surface area contributed by atoms with E-state index in [4.69, 9.17) is 9.47 Å². The Morgan fingerprint density at radius 3 is 2.71 bits per heavy atom. The summed E-state index contributed by atoms with van der Waals surface area (Å²) in [6, 6.07) is 5.97. The van der Waals surface area contributed by atoms with Crippen molar-refractivity contribution >= 4 is 5.91 Å². The van der Waals surface area contributed by atoms with E-state index in [1.165, 1.54) is 0 Å². The van der Waals surface area contributed by atoms with Gasteiger partial charge in [0.1, 0.15) is 12.4 Å². The second-order valence-electron chi connectivity index (χ2n) is 5.91. The number of amides is 1. The largest absolute Gasteiger partial charge is 0.496 e. The number of likely N-dealkylation sites (N-methyl/N-ethyl adjacent to an activating group) is 1. The van der Waals surface area contributed by atoms with Crippen LogP contribution < -0.4 is 10.1 Å². The van der Waals surface area contributed by atoms with Crippen LogP contribution in [0.3, 0.4) is 0 Å². The molecular weight excluding hydrogens is 268 g/mol. The molecule has 0 aromatic heterocycles. The van der Waals surface area contributed by atoms with E-state index in [0.29, 0.717) is 6.54 Å². The van der Waals surface area contributed by atoms with Crippen LogP contribution in [-0.4, -0.2) is 50.3 Å². The summed E-state index contributed by atoms with van der Waals surface area (Å²) in [5.41, 5.74) is 1.96. The first-order valence-electron chi connectivity index (χ1n) is 7.16. The highest BCUT2D eigenvalue weighted by molar-refractivity contribution is 5.77. The zero-order valence-electron chi connectivity index (χ0n) is 13.2. The number of hydrogen-bond donors (Lipinski definition) is 1. The molecule has 5 heteroatoms. The molecule has 0 spiro atoms. The third kappa shape index (κ3) is 3.95. The average molecular weight is 292 g/mol. The van der Waals surface area contributed by atoms with Crippen LogP contribution in [0.2, 0.25) is 0 Å². The van der Waals surface area contributed by atoms with Crippen molar-refractivity contribution in [2.75, 3.05) is 33.9 Å². The van der Waals surface area contributed by atoms with Crippen LogP contribution >= 0.6 is 0 Å². The van der Waals surface area contributed by atoms with Gasteiger partial charge >= 0.3 is 0 Å². The zero-order valence-corrected chi connectivity index (χ0v) is 13.2. The van der Waals surface area contributed by atoms with Crippen molar-refractivity contribution in [3.05, 3.63) is 29.3 Å². The van der Waals surface area contributed by atoms with Crippen molar-refractivity contribution in [3.63, 3.8) is 0 Å². The summed E-state index contributed by atoms with van der Waals surface area (Å²) in [5, 5.41) is 3.15. The molecule has 1 aromatic carbocycles. The van der Waals surface area contributed by atoms with Gasteiger partial charge in [-0.2, -0.15) is 0 Å². The number of carbonyl (C=O) groups excluding carboxylic acids is 1. The molecule has 116 valence electrons. The van der Waals surface area contributed by atoms with Crippen molar-refractivity contribution in [2.24, 2.45) is 0 Å². The van der Waals surface area contributed by atoms with Gasteiger partial charge in [-0.3, -0.25) is 4.79 Å². The molecule has 1 aliphatic rings. The molecule has 5 nitrogen and oxygen atoms in total. The standard InChI is InChI=1S/C16H24N2O3/c1-12-5-6-14(20-4)13(7-12)8-18(3)15(19)9-21-16(2)10-17-11-16/h5-7,17H,8-11H2,1-4H3. The number of hydrogen-bond acceptors (Lipinski definition) is 4. The molecule has 1 heterocycles. The number of aryl methyl sites for hydroxylation is 1. The van der Waals surface area contributed by atoms with Gasteiger partial charge in [0.05, 0.1) is 12.7 Å². The number of methoxy groups -OCH3 is 1. The fourth-order valence-corrected chi connectivity index (χ4v) is 2.30. The van der Waals surface area contributed by atoms with E-state index >= 15 is 0 Å². The number of carbonyl (C=O) groups is 1. The summed E-state index contributed by atoms with van der Waals surface area (Å²) in [6.45, 7) is 6.27. The first kappa shape index (κ1) is 15.8. The maximum Gasteiger partial charge on any atom is 0.248 e. The Kier molecular flexibility index (Phi) is 4.85. The van der Waals surface area contributed by atoms with Crippen molar-refractivity contribution in [3.8, 4) is 5.75 Å². The average Bonchev–Trinajstić information content (AvgIpc) is 2.43. The lowest BCUT2D eigenvalue weighted by Gasteiger charge is -2.39. The summed E-state index contributed by atoms with van der Waals surface area (Å²) in [5.74, 6) is 0.781. The quantitative estimate of drug-likeness (QED) is 0.859. The minimum Gasteiger partial charge on any atom is -0.496 e. The smallest absolute Gasteiger partial charge is 0.248 e. The number of rotatable bonds is 6. The highest BCUT2D eigenvalue weighted by atomic mass is 16.5. The first-order chi connectivity index (χ1) is 9.93. The van der Waals surface area contributed by atoms with Gasteiger partial charge in [0.25, 0.3) is 0 Å². The summed E-state index contributed by atoms with van der Waals surface area (Å²) in [7, 11) is 3.43. The molecule has 1 aliphatic heterocycles. The Balaban J connectivity index is 1.92. The summed E-state index contributed by atoms with van der Waals surface area (Å²) >= 11 is 0. The highest BCUT2D eigenvalue weighted by Gasteiger charge is 2.33. The van der Waals surface area contributed by atoms with Crippen molar-refractivity contribution < 1.29 is 14.3 Å². The Hall–Kier alpha value is -1.59. The van der Waals surface area contributed by atoms with E-state index in [0.717, 1.165) is 30.0 Å². The summed E-state index contributed by atoms with van der Waals surface area (Å²) in [6.07, 6.45) is 0. The second-order valence-corrected chi connectivity index (χ2v) is 5.91. The van der Waals surface area contributed by atoms with E-state index in [2.05, 4.69) is 5.32 Å². The number of nitrogens with zero attached hydrogens (tertiary/aromatic N) is 1. The van der Waals surface area contributed by atoms with Crippen LogP contribution in [0, 0.1) is 6.92 Å². The van der Waals surface area contributed by atoms with Gasteiger partial charge in [0.2, 0.25) is 5.91 Å². The molecule has 0 radical (unpaired) electrons. The van der Waals surface area contributed by atoms with Crippen LogP contribution in [0.5, 0.6) is 5.75 Å². The molecule has 0 unspecified atom stereocenters. The number of nitrogens with one attached hydrogen (secondary N) is 1. The molecule has 0 saturated carbocycles. The van der Waals surface area contributed by atoms with E-state index in [-0.39, 0.29) is 18.1 Å². The van der Waals surface area contributed by atoms with Gasteiger partial charge in [-0.25, -0.2) is 0 Å². The SMILES string of the molecule is COc1ccc(C)cc1CN(C)C(=O)COC1(C)CNC1. The maximum absolute atomic E-state index is 12.2. The third-order valence-electron chi connectivity index (χ3n) is 3.81. The van der Waals surface area contributed by atoms with Crippen LogP contribution in [0.4, 0.5) is 0 Å². The third-order valence-corrected chi connectivity index (χ3v) is 3.81. The molecule has 1 fully saturated rings. The van der Waals surface area contributed by atoms with Gasteiger partial charge in [0.15, 0.2) is 0 Å². The van der Waals surface area contributed by atoms with Crippen molar-refractivity contribution in [1.29, 1.82) is 0 Å². The Labute approximate surface area is 126 Å². The summed E-state index contributed by atoms with van der Waals surface area (Å²) < 4.78 is 11.0. The molecule has 0 aliphatic carbocycles. The van der Waals surface area contributed by atoms with E-state index in [1.807, 2.05) is 32.0 Å². The van der Waals surface area contributed by atoms with Crippen LogP contribution in [0.1, 0.15) is 18.1 Å². The summed E-state index contributed by atoms with van der Waals surface area (Å²) in [4.78, 5) is 13.8. The second kappa shape index (κ2) is 6.45. The lowest BCUT2D eigenvalue weighted by Crippen LogP contribution is -2.59. The van der Waals surface area contributed by atoms with E-state index in [1.54, 1.807) is 19.1 Å². The molecule has 0 bridgehead atoms. The highest BCUT2D eigenvalue weighted by Crippen LogP contribution is 2.21. The lowest BCUT2D eigenvalue weighted by molar-refractivity contribution is -0.145. The monoisotopic (exact) mass is 292 g/mol. The van der Waals surface area contributed by atoms with Crippen LogP contribution in [-0.2, 0) is 16.1 Å². The molecule has 0 atom stereocenters. The predicted molar refractivity (Wildman–Crippen MR) is 81.4 cm³/mol. The predicted octanol–water partition coefficient (Wildman–Crippen LogP) is 1.34. The first-order valence-corrected chi connectivity index (χ1v) is 7.16. The van der Waals surface area contributed by atoms with Gasteiger partial charge < -0.3 is 19.7 Å². The molecule has 1 saturated heterocycles. The minimum absolute atomic E-state index is 0.0216. The molecule has 2 rings (SSSR count). The van der Waals surface area contributed by atoms with Gasteiger partial charge in [-0.1, -0.05) is 17.7 Å². The van der Waals surface area contributed by atoms with Gasteiger partial charge in [-0.15, -0.1) is 0 Å². The lowest BCUT2D eigenvalue weighted by atomic mass is 10.0. The Bertz CT molecular complexity index is 512. The normalized spacial score (nSPS) is 16.2. The van der Waals surface area contributed by atoms with Gasteiger partial charge in [-0.05, 0) is 19.9 Å². The van der Waals surface area contributed by atoms with Crippen molar-refractivity contribution in [1.82, 2.24) is 10.2 Å². The topological polar surface area (TPSA) is 50.8 Å². The molecule has 1 N–H and O–H groups in total. The fourth-order valence-electron chi connectivity index (χ4n) is 2.30. The zero-order chi connectivity index (χ0) is 15.5. The van der Waals surface area contributed by atoms with Gasteiger partial charge in [0, 0.05) is 32.2 Å². The van der Waals surface area contributed by atoms with Crippen LogP contribution in [0.15, 0.2) is 18.2 Å². The minimum atomic E-state index is -0.197. The van der Waals surface area contributed by atoms with Crippen LogP contribution in [0.25, 0.3) is 0 Å².